The number of hydrogen-bond donors (Lipinski definition) is 2. The fourth-order valence-corrected chi connectivity index (χ4v) is 2.98. The molecule has 4 heteroatoms. The highest BCUT2D eigenvalue weighted by Gasteiger charge is 2.23. The number of rotatable bonds is 2. The van der Waals surface area contributed by atoms with E-state index in [1.165, 1.54) is 25.7 Å². The van der Waals surface area contributed by atoms with Crippen molar-refractivity contribution in [2.75, 3.05) is 17.7 Å². The highest BCUT2D eigenvalue weighted by Crippen LogP contribution is 2.29. The third-order valence-corrected chi connectivity index (χ3v) is 4.36. The van der Waals surface area contributed by atoms with Gasteiger partial charge in [-0.1, -0.05) is 6.92 Å². The largest absolute Gasteiger partial charge is 0.399 e. The van der Waals surface area contributed by atoms with Gasteiger partial charge in [0.2, 0.25) is 5.95 Å². The molecule has 1 heterocycles. The molecule has 4 nitrogen and oxygen atoms in total. The van der Waals surface area contributed by atoms with Crippen LogP contribution < -0.4 is 10.6 Å². The van der Waals surface area contributed by atoms with E-state index in [1.807, 2.05) is 18.2 Å². The molecule has 0 radical (unpaired) electrons. The van der Waals surface area contributed by atoms with Gasteiger partial charge in [0, 0.05) is 18.8 Å². The van der Waals surface area contributed by atoms with E-state index < -0.39 is 0 Å². The molecular weight excluding hydrogens is 236 g/mol. The van der Waals surface area contributed by atoms with Gasteiger partial charge in [-0.15, -0.1) is 0 Å². The highest BCUT2D eigenvalue weighted by molar-refractivity contribution is 5.80. The van der Waals surface area contributed by atoms with Crippen LogP contribution >= 0.6 is 0 Å². The maximum atomic E-state index is 5.81. The average molecular weight is 258 g/mol. The number of nitrogens with one attached hydrogen (secondary N) is 1. The van der Waals surface area contributed by atoms with E-state index in [1.54, 1.807) is 0 Å². The minimum atomic E-state index is 0.606. The Balaban J connectivity index is 1.83. The third kappa shape index (κ3) is 2.39. The zero-order chi connectivity index (χ0) is 13.4. The van der Waals surface area contributed by atoms with Gasteiger partial charge in [0.25, 0.3) is 0 Å². The van der Waals surface area contributed by atoms with Gasteiger partial charge >= 0.3 is 0 Å². The molecule has 2 aromatic rings. The van der Waals surface area contributed by atoms with Crippen molar-refractivity contribution in [1.29, 1.82) is 0 Å². The van der Waals surface area contributed by atoms with E-state index >= 15 is 0 Å². The van der Waals surface area contributed by atoms with Crippen LogP contribution in [0.4, 0.5) is 11.6 Å². The van der Waals surface area contributed by atoms with Gasteiger partial charge in [0.1, 0.15) is 0 Å². The molecular formula is C15H22N4. The number of aromatic amines is 1. The number of nitrogens with two attached hydrogens (primary N) is 1. The van der Waals surface area contributed by atoms with Crippen molar-refractivity contribution in [2.24, 2.45) is 5.92 Å². The van der Waals surface area contributed by atoms with Gasteiger partial charge in [0.15, 0.2) is 0 Å². The Morgan fingerprint density at radius 1 is 1.26 bits per heavy atom. The first-order valence-electron chi connectivity index (χ1n) is 7.11. The van der Waals surface area contributed by atoms with Crippen LogP contribution in [0.15, 0.2) is 18.2 Å². The van der Waals surface area contributed by atoms with Crippen molar-refractivity contribution < 1.29 is 0 Å². The molecule has 0 bridgehead atoms. The second-order valence-electron chi connectivity index (χ2n) is 5.86. The van der Waals surface area contributed by atoms with E-state index in [0.717, 1.165) is 28.6 Å². The van der Waals surface area contributed by atoms with Crippen LogP contribution in [-0.2, 0) is 0 Å². The Labute approximate surface area is 114 Å². The molecule has 1 fully saturated rings. The SMILES string of the molecule is CC1CCC(N(C)c2nc3ccc(N)cc3[nH]2)CC1. The van der Waals surface area contributed by atoms with E-state index in [2.05, 4.69) is 28.8 Å². The summed E-state index contributed by atoms with van der Waals surface area (Å²) >= 11 is 0. The standard InChI is InChI=1S/C15H22N4/c1-10-3-6-12(7-4-10)19(2)15-17-13-8-5-11(16)9-14(13)18-15/h5,8-10,12H,3-4,6-7,16H2,1-2H3,(H,17,18). The van der Waals surface area contributed by atoms with Crippen LogP contribution in [0, 0.1) is 5.92 Å². The smallest absolute Gasteiger partial charge is 0.203 e. The maximum absolute atomic E-state index is 5.81. The monoisotopic (exact) mass is 258 g/mol. The number of anilines is 2. The van der Waals surface area contributed by atoms with Crippen LogP contribution in [0.5, 0.6) is 0 Å². The number of H-pyrrole nitrogens is 1. The third-order valence-electron chi connectivity index (χ3n) is 4.36. The number of benzene rings is 1. The van der Waals surface area contributed by atoms with E-state index in [-0.39, 0.29) is 0 Å². The van der Waals surface area contributed by atoms with Gasteiger partial charge in [-0.3, -0.25) is 0 Å². The Bertz CT molecular complexity index is 567. The molecule has 0 amide bonds. The minimum absolute atomic E-state index is 0.606. The number of nitrogens with zero attached hydrogens (tertiary/aromatic N) is 2. The molecule has 1 aliphatic carbocycles. The van der Waals surface area contributed by atoms with Gasteiger partial charge in [0.05, 0.1) is 11.0 Å². The summed E-state index contributed by atoms with van der Waals surface area (Å²) in [5.74, 6) is 1.83. The van der Waals surface area contributed by atoms with Crippen molar-refractivity contribution in [3.05, 3.63) is 18.2 Å². The Morgan fingerprint density at radius 3 is 2.74 bits per heavy atom. The summed E-state index contributed by atoms with van der Waals surface area (Å²) in [7, 11) is 2.14. The summed E-state index contributed by atoms with van der Waals surface area (Å²) in [5.41, 5.74) is 8.59. The van der Waals surface area contributed by atoms with Crippen LogP contribution in [0.1, 0.15) is 32.6 Å². The lowest BCUT2D eigenvalue weighted by Gasteiger charge is -2.33. The fraction of sp³-hybridized carbons (Fsp3) is 0.533. The van der Waals surface area contributed by atoms with Crippen molar-refractivity contribution in [3.63, 3.8) is 0 Å². The fourth-order valence-electron chi connectivity index (χ4n) is 2.98. The summed E-state index contributed by atoms with van der Waals surface area (Å²) in [6, 6.07) is 6.42. The molecule has 1 aliphatic rings. The van der Waals surface area contributed by atoms with Gasteiger partial charge in [-0.05, 0) is 49.8 Å². The number of hydrogen-bond acceptors (Lipinski definition) is 3. The average Bonchev–Trinajstić information content (AvgIpc) is 2.81. The summed E-state index contributed by atoms with van der Waals surface area (Å²) < 4.78 is 0. The predicted molar refractivity (Wildman–Crippen MR) is 80.3 cm³/mol. The topological polar surface area (TPSA) is 57.9 Å². The summed E-state index contributed by atoms with van der Waals surface area (Å²) in [6.45, 7) is 2.35. The Morgan fingerprint density at radius 2 is 2.00 bits per heavy atom. The minimum Gasteiger partial charge on any atom is -0.399 e. The van der Waals surface area contributed by atoms with Crippen molar-refractivity contribution in [1.82, 2.24) is 9.97 Å². The lowest BCUT2D eigenvalue weighted by Crippen LogP contribution is -2.35. The molecule has 0 unspecified atom stereocenters. The summed E-state index contributed by atoms with van der Waals surface area (Å²) in [4.78, 5) is 10.3. The lowest BCUT2D eigenvalue weighted by molar-refractivity contribution is 0.339. The van der Waals surface area contributed by atoms with E-state index in [4.69, 9.17) is 5.73 Å². The Kier molecular flexibility index (Phi) is 3.09. The van der Waals surface area contributed by atoms with Crippen molar-refractivity contribution in [2.45, 2.75) is 38.6 Å². The van der Waals surface area contributed by atoms with Gasteiger partial charge in [-0.25, -0.2) is 4.98 Å². The first kappa shape index (κ1) is 12.3. The van der Waals surface area contributed by atoms with Crippen molar-refractivity contribution in [3.8, 4) is 0 Å². The number of imidazole rings is 1. The van der Waals surface area contributed by atoms with Crippen LogP contribution in [0.25, 0.3) is 11.0 Å². The lowest BCUT2D eigenvalue weighted by atomic mass is 9.87. The van der Waals surface area contributed by atoms with Gasteiger partial charge in [-0.2, -0.15) is 0 Å². The number of nitrogen functional groups attached to an aromatic ring is 1. The van der Waals surface area contributed by atoms with E-state index in [0.29, 0.717) is 6.04 Å². The zero-order valence-electron chi connectivity index (χ0n) is 11.7. The van der Waals surface area contributed by atoms with Crippen LogP contribution in [0.3, 0.4) is 0 Å². The van der Waals surface area contributed by atoms with Crippen molar-refractivity contribution >= 4 is 22.7 Å². The molecule has 1 aromatic carbocycles. The zero-order valence-corrected chi connectivity index (χ0v) is 11.7. The first-order valence-corrected chi connectivity index (χ1v) is 7.11. The van der Waals surface area contributed by atoms with Crippen LogP contribution in [-0.4, -0.2) is 23.1 Å². The van der Waals surface area contributed by atoms with Gasteiger partial charge < -0.3 is 15.6 Å². The molecule has 0 aliphatic heterocycles. The Hall–Kier alpha value is -1.71. The molecule has 102 valence electrons. The quantitative estimate of drug-likeness (QED) is 0.813. The number of aromatic nitrogens is 2. The van der Waals surface area contributed by atoms with E-state index in [9.17, 15) is 0 Å². The molecule has 0 saturated heterocycles. The summed E-state index contributed by atoms with van der Waals surface area (Å²) in [5, 5.41) is 0. The molecule has 3 N–H and O–H groups in total. The normalized spacial score (nSPS) is 23.7. The maximum Gasteiger partial charge on any atom is 0.203 e. The molecule has 0 spiro atoms. The summed E-state index contributed by atoms with van der Waals surface area (Å²) in [6.07, 6.45) is 5.16. The molecule has 3 rings (SSSR count). The van der Waals surface area contributed by atoms with Crippen LogP contribution in [0.2, 0.25) is 0 Å². The molecule has 1 aromatic heterocycles. The second kappa shape index (κ2) is 4.76. The molecule has 0 atom stereocenters. The molecule has 19 heavy (non-hydrogen) atoms. The first-order chi connectivity index (χ1) is 9.13. The molecule has 1 saturated carbocycles. The second-order valence-corrected chi connectivity index (χ2v) is 5.86. The number of fused-ring (bicyclic) bond motifs is 1. The predicted octanol–water partition coefficient (Wildman–Crippen LogP) is 3.16. The highest BCUT2D eigenvalue weighted by atomic mass is 15.3.